The van der Waals surface area contributed by atoms with E-state index in [1.54, 1.807) is 25.3 Å². The Morgan fingerprint density at radius 3 is 2.27 bits per heavy atom. The van der Waals surface area contributed by atoms with Gasteiger partial charge in [0.2, 0.25) is 0 Å². The summed E-state index contributed by atoms with van der Waals surface area (Å²) in [7, 11) is 0.0210. The molecule has 9 nitrogen and oxygen atoms in total. The number of amides is 1. The lowest BCUT2D eigenvalue weighted by molar-refractivity contribution is -0.0657. The van der Waals surface area contributed by atoms with Crippen molar-refractivity contribution in [3.05, 3.63) is 59.9 Å². The molecule has 1 amide bonds. The predicted octanol–water partition coefficient (Wildman–Crippen LogP) is 4.85. The van der Waals surface area contributed by atoms with Crippen LogP contribution in [0.5, 0.6) is 0 Å². The van der Waals surface area contributed by atoms with E-state index in [4.69, 9.17) is 9.47 Å². The van der Waals surface area contributed by atoms with Crippen molar-refractivity contribution in [3.8, 4) is 0 Å². The number of rotatable bonds is 12. The second-order valence-corrected chi connectivity index (χ2v) is 17.2. The van der Waals surface area contributed by atoms with E-state index >= 15 is 0 Å². The van der Waals surface area contributed by atoms with Crippen LogP contribution in [0.4, 0.5) is 14.9 Å². The number of anilines is 1. The lowest BCUT2D eigenvalue weighted by Crippen LogP contribution is -2.68. The number of piperidine rings is 1. The number of halogens is 1. The van der Waals surface area contributed by atoms with Gasteiger partial charge in [0.25, 0.3) is 0 Å². The molecule has 5 fully saturated rings. The van der Waals surface area contributed by atoms with Crippen LogP contribution in [0.3, 0.4) is 0 Å². The first-order valence-corrected chi connectivity index (χ1v) is 19.4. The first kappa shape index (κ1) is 33.8. The van der Waals surface area contributed by atoms with Crippen molar-refractivity contribution >= 4 is 21.6 Å². The standard InChI is InChI=1S/C37H51FN4O5S/c1-46-35(43)39-34-9-4-8-33(34)37(26-40-18-5-19-40,28-6-3-7-29(38)22-28)27-16-20-41(21-17-27)23-36(47-2)24-42(25-36)30-10-12-31(13-11-30)48(44,45)32-14-15-32/h3,6-7,10-13,22,27,32-34H,4-5,8-9,14-21,23-26H2,1-2H3,(H,39,43)/t33-,34-,37-/m0/s1. The quantitative estimate of drug-likeness (QED) is 0.340. The van der Waals surface area contributed by atoms with Crippen molar-refractivity contribution in [3.63, 3.8) is 0 Å². The minimum Gasteiger partial charge on any atom is -0.453 e. The number of ether oxygens (including phenoxy) is 2. The molecule has 3 heterocycles. The Morgan fingerprint density at radius 1 is 0.938 bits per heavy atom. The molecule has 2 aromatic carbocycles. The second kappa shape index (κ2) is 13.5. The number of nitrogens with zero attached hydrogens (tertiary/aromatic N) is 3. The molecule has 5 aliphatic rings. The summed E-state index contributed by atoms with van der Waals surface area (Å²) in [6.45, 7) is 7.20. The van der Waals surface area contributed by atoms with Crippen molar-refractivity contribution < 1.29 is 27.1 Å². The van der Waals surface area contributed by atoms with E-state index in [2.05, 4.69) is 26.1 Å². The van der Waals surface area contributed by atoms with Gasteiger partial charge in [-0.1, -0.05) is 18.6 Å². The van der Waals surface area contributed by atoms with E-state index < -0.39 is 15.9 Å². The highest BCUT2D eigenvalue weighted by Gasteiger charge is 2.54. The molecule has 7 rings (SSSR count). The number of carbonyl (C=O) groups excluding carboxylic acids is 1. The average molecular weight is 683 g/mol. The Balaban J connectivity index is 1.06. The van der Waals surface area contributed by atoms with Crippen LogP contribution < -0.4 is 10.2 Å². The normalized spacial score (nSPS) is 26.4. The molecule has 48 heavy (non-hydrogen) atoms. The van der Waals surface area contributed by atoms with Gasteiger partial charge in [0.1, 0.15) is 11.4 Å². The number of benzene rings is 2. The summed E-state index contributed by atoms with van der Waals surface area (Å²) in [5.41, 5.74) is 1.51. The predicted molar refractivity (Wildman–Crippen MR) is 184 cm³/mol. The first-order valence-electron chi connectivity index (χ1n) is 17.9. The Morgan fingerprint density at radius 2 is 1.67 bits per heavy atom. The minimum atomic E-state index is -3.19. The van der Waals surface area contributed by atoms with Crippen molar-refractivity contribution in [2.45, 2.75) is 78.6 Å². The van der Waals surface area contributed by atoms with E-state index in [0.29, 0.717) is 10.8 Å². The topological polar surface area (TPSA) is 91.4 Å². The third kappa shape index (κ3) is 6.48. The summed E-state index contributed by atoms with van der Waals surface area (Å²) in [5, 5.41) is 2.97. The maximum atomic E-state index is 15.0. The lowest BCUT2D eigenvalue weighted by Gasteiger charge is -2.55. The van der Waals surface area contributed by atoms with E-state index in [-0.39, 0.29) is 34.0 Å². The minimum absolute atomic E-state index is 0.0133. The van der Waals surface area contributed by atoms with Crippen molar-refractivity contribution in [2.24, 2.45) is 11.8 Å². The van der Waals surface area contributed by atoms with Crippen LogP contribution in [0.1, 0.15) is 56.9 Å². The third-order valence-corrected chi connectivity index (χ3v) is 14.5. The maximum absolute atomic E-state index is 15.0. The molecule has 0 radical (unpaired) electrons. The number of nitrogens with one attached hydrogen (secondary N) is 1. The van der Waals surface area contributed by atoms with Crippen LogP contribution in [0, 0.1) is 17.7 Å². The molecule has 1 N–H and O–H groups in total. The molecule has 11 heteroatoms. The van der Waals surface area contributed by atoms with Gasteiger partial charge in [-0.3, -0.25) is 0 Å². The monoisotopic (exact) mass is 682 g/mol. The summed E-state index contributed by atoms with van der Waals surface area (Å²) in [6.07, 6.45) is 7.24. The number of likely N-dealkylation sites (tertiary alicyclic amines) is 2. The summed E-state index contributed by atoms with van der Waals surface area (Å²) in [4.78, 5) is 20.2. The molecule has 262 valence electrons. The molecular formula is C37H51FN4O5S. The Hall–Kier alpha value is -2.73. The molecule has 0 bridgehead atoms. The van der Waals surface area contributed by atoms with Gasteiger partial charge < -0.3 is 29.5 Å². The molecule has 3 aliphatic heterocycles. The molecular weight excluding hydrogens is 631 g/mol. The zero-order chi connectivity index (χ0) is 33.5. The molecule has 3 atom stereocenters. The second-order valence-electron chi connectivity index (χ2n) is 15.0. The van der Waals surface area contributed by atoms with Gasteiger partial charge in [-0.15, -0.1) is 0 Å². The van der Waals surface area contributed by atoms with Gasteiger partial charge in [0, 0.05) is 37.3 Å². The largest absolute Gasteiger partial charge is 0.453 e. The zero-order valence-electron chi connectivity index (χ0n) is 28.4. The fourth-order valence-corrected chi connectivity index (χ4v) is 11.0. The fourth-order valence-electron chi connectivity index (χ4n) is 9.29. The summed E-state index contributed by atoms with van der Waals surface area (Å²) in [6, 6.07) is 14.6. The Labute approximate surface area is 285 Å². The molecule has 3 saturated heterocycles. The number of alkyl carbamates (subject to hydrolysis) is 1. The maximum Gasteiger partial charge on any atom is 0.407 e. The molecule has 0 unspecified atom stereocenters. The van der Waals surface area contributed by atoms with Crippen LogP contribution in [0.2, 0.25) is 0 Å². The molecule has 2 aromatic rings. The fraction of sp³-hybridized carbons (Fsp3) is 0.649. The highest BCUT2D eigenvalue weighted by molar-refractivity contribution is 7.92. The van der Waals surface area contributed by atoms with E-state index in [1.165, 1.54) is 19.6 Å². The molecule has 2 saturated carbocycles. The summed E-state index contributed by atoms with van der Waals surface area (Å²) in [5.74, 6) is 0.318. The lowest BCUT2D eigenvalue weighted by atomic mass is 9.57. The number of carbonyl (C=O) groups is 1. The average Bonchev–Trinajstić information content (AvgIpc) is 3.83. The van der Waals surface area contributed by atoms with Crippen molar-refractivity contribution in [2.75, 3.05) is 71.5 Å². The zero-order valence-corrected chi connectivity index (χ0v) is 29.2. The SMILES string of the molecule is COC(=O)N[C@H]1CCC[C@@H]1[C@](CN1CCC1)(c1cccc(F)c1)C1CCN(CC2(OC)CN(c3ccc(S(=O)(=O)C4CC4)cc3)C2)CC1. The Bertz CT molecular complexity index is 1550. The van der Waals surface area contributed by atoms with Gasteiger partial charge in [0.15, 0.2) is 9.84 Å². The Kier molecular flexibility index (Phi) is 9.51. The third-order valence-electron chi connectivity index (χ3n) is 12.2. The number of sulfone groups is 1. The van der Waals surface area contributed by atoms with Crippen LogP contribution >= 0.6 is 0 Å². The van der Waals surface area contributed by atoms with E-state index in [0.717, 1.165) is 109 Å². The van der Waals surface area contributed by atoms with Crippen molar-refractivity contribution in [1.29, 1.82) is 0 Å². The van der Waals surface area contributed by atoms with Crippen LogP contribution in [0.15, 0.2) is 53.4 Å². The summed E-state index contributed by atoms with van der Waals surface area (Å²) < 4.78 is 51.5. The highest BCUT2D eigenvalue weighted by atomic mass is 32.2. The van der Waals surface area contributed by atoms with Gasteiger partial charge >= 0.3 is 6.09 Å². The van der Waals surface area contributed by atoms with Crippen LogP contribution in [0.25, 0.3) is 0 Å². The van der Waals surface area contributed by atoms with Gasteiger partial charge in [-0.25, -0.2) is 17.6 Å². The van der Waals surface area contributed by atoms with Gasteiger partial charge in [0.05, 0.1) is 30.3 Å². The number of hydrogen-bond donors (Lipinski definition) is 1. The first-order chi connectivity index (χ1) is 23.2. The number of hydrogen-bond acceptors (Lipinski definition) is 8. The van der Waals surface area contributed by atoms with E-state index in [1.807, 2.05) is 18.2 Å². The molecule has 2 aliphatic carbocycles. The van der Waals surface area contributed by atoms with Crippen LogP contribution in [-0.4, -0.2) is 108 Å². The summed E-state index contributed by atoms with van der Waals surface area (Å²) >= 11 is 0. The number of methoxy groups -OCH3 is 2. The van der Waals surface area contributed by atoms with Gasteiger partial charge in [-0.2, -0.15) is 0 Å². The van der Waals surface area contributed by atoms with E-state index in [9.17, 15) is 17.6 Å². The highest BCUT2D eigenvalue weighted by Crippen LogP contribution is 2.51. The van der Waals surface area contributed by atoms with Gasteiger partial charge in [-0.05, 0) is 125 Å². The molecule has 0 spiro atoms. The molecule has 0 aromatic heterocycles. The smallest absolute Gasteiger partial charge is 0.407 e. The van der Waals surface area contributed by atoms with Crippen molar-refractivity contribution in [1.82, 2.24) is 15.1 Å². The van der Waals surface area contributed by atoms with Crippen LogP contribution in [-0.2, 0) is 24.7 Å².